The molecule has 0 saturated carbocycles. The van der Waals surface area contributed by atoms with E-state index >= 15 is 0 Å². The average molecular weight is 408 g/mol. The van der Waals surface area contributed by atoms with Gasteiger partial charge >= 0.3 is 6.18 Å². The standard InChI is InChI=1S/C20H23F3N4S/c21-20(22,23)14-12-15(24)19-18(13-14)28-17-5-2-1-4-16(17)27(19)9-3-8-26-10-6-25-7-11-26/h1-2,4-5,12-13,25H,3,6-11,24H2. The van der Waals surface area contributed by atoms with Crippen LogP contribution in [0.1, 0.15) is 12.0 Å². The molecule has 0 unspecified atom stereocenters. The molecule has 3 N–H and O–H groups in total. The van der Waals surface area contributed by atoms with Crippen LogP contribution in [-0.2, 0) is 6.18 Å². The monoisotopic (exact) mass is 408 g/mol. The van der Waals surface area contributed by atoms with Crippen LogP contribution >= 0.6 is 11.8 Å². The summed E-state index contributed by atoms with van der Waals surface area (Å²) in [5.41, 5.74) is 7.30. The first-order valence-electron chi connectivity index (χ1n) is 9.42. The SMILES string of the molecule is Nc1cc(C(F)(F)F)cc2c1N(CCCN1CCNCC1)c1ccccc1S2. The number of rotatable bonds is 4. The number of piperazine rings is 1. The van der Waals surface area contributed by atoms with Gasteiger partial charge in [-0.1, -0.05) is 23.9 Å². The summed E-state index contributed by atoms with van der Waals surface area (Å²) in [6.07, 6.45) is -3.49. The quantitative estimate of drug-likeness (QED) is 0.743. The molecule has 8 heteroatoms. The van der Waals surface area contributed by atoms with Crippen LogP contribution in [0.5, 0.6) is 0 Å². The van der Waals surface area contributed by atoms with Crippen LogP contribution in [0.3, 0.4) is 0 Å². The molecule has 28 heavy (non-hydrogen) atoms. The van der Waals surface area contributed by atoms with Gasteiger partial charge in [0, 0.05) is 42.5 Å². The molecule has 0 atom stereocenters. The second-order valence-corrected chi connectivity index (χ2v) is 8.16. The predicted molar refractivity (Wildman–Crippen MR) is 107 cm³/mol. The highest BCUT2D eigenvalue weighted by atomic mass is 32.2. The van der Waals surface area contributed by atoms with Crippen LogP contribution in [0.2, 0.25) is 0 Å². The van der Waals surface area contributed by atoms with Crippen LogP contribution in [0, 0.1) is 0 Å². The van der Waals surface area contributed by atoms with Gasteiger partial charge in [0.1, 0.15) is 0 Å². The zero-order valence-electron chi connectivity index (χ0n) is 15.4. The van der Waals surface area contributed by atoms with E-state index in [9.17, 15) is 13.2 Å². The molecule has 0 aromatic heterocycles. The summed E-state index contributed by atoms with van der Waals surface area (Å²) in [5.74, 6) is 0. The van der Waals surface area contributed by atoms with Gasteiger partial charge in [-0.3, -0.25) is 0 Å². The van der Waals surface area contributed by atoms with Gasteiger partial charge < -0.3 is 20.9 Å². The number of anilines is 3. The molecule has 2 aliphatic heterocycles. The summed E-state index contributed by atoms with van der Waals surface area (Å²) in [6.45, 7) is 5.73. The average Bonchev–Trinajstić information content (AvgIpc) is 2.67. The molecule has 2 aliphatic rings. The van der Waals surface area contributed by atoms with E-state index in [1.54, 1.807) is 0 Å². The Kier molecular flexibility index (Phi) is 5.44. The van der Waals surface area contributed by atoms with Crippen molar-refractivity contribution >= 4 is 28.8 Å². The van der Waals surface area contributed by atoms with Gasteiger partial charge in [0.05, 0.1) is 22.6 Å². The lowest BCUT2D eigenvalue weighted by molar-refractivity contribution is -0.137. The van der Waals surface area contributed by atoms with E-state index in [-0.39, 0.29) is 5.69 Å². The summed E-state index contributed by atoms with van der Waals surface area (Å²) in [6, 6.07) is 10.1. The van der Waals surface area contributed by atoms with E-state index in [1.165, 1.54) is 17.8 Å². The summed E-state index contributed by atoms with van der Waals surface area (Å²) in [4.78, 5) is 6.01. The molecule has 4 nitrogen and oxygen atoms in total. The van der Waals surface area contributed by atoms with Crippen molar-refractivity contribution in [2.75, 3.05) is 49.9 Å². The van der Waals surface area contributed by atoms with E-state index in [0.717, 1.165) is 55.8 Å². The number of alkyl halides is 3. The van der Waals surface area contributed by atoms with Crippen molar-refractivity contribution in [2.24, 2.45) is 0 Å². The number of fused-ring (bicyclic) bond motifs is 2. The van der Waals surface area contributed by atoms with Crippen LogP contribution < -0.4 is 16.0 Å². The van der Waals surface area contributed by atoms with E-state index < -0.39 is 11.7 Å². The van der Waals surface area contributed by atoms with Crippen molar-refractivity contribution in [1.29, 1.82) is 0 Å². The summed E-state index contributed by atoms with van der Waals surface area (Å²) >= 11 is 1.35. The lowest BCUT2D eigenvalue weighted by Gasteiger charge is -2.35. The third-order valence-electron chi connectivity index (χ3n) is 5.14. The molecule has 0 amide bonds. The molecule has 0 spiro atoms. The van der Waals surface area contributed by atoms with E-state index in [0.29, 0.717) is 17.1 Å². The van der Waals surface area contributed by atoms with Crippen LogP contribution in [0.15, 0.2) is 46.2 Å². The highest BCUT2D eigenvalue weighted by Crippen LogP contribution is 2.52. The van der Waals surface area contributed by atoms with Crippen molar-refractivity contribution in [2.45, 2.75) is 22.4 Å². The number of hydrogen-bond donors (Lipinski definition) is 2. The number of nitrogens with two attached hydrogens (primary N) is 1. The predicted octanol–water partition coefficient (Wildman–Crippen LogP) is 4.19. The number of para-hydroxylation sites is 1. The fraction of sp³-hybridized carbons (Fsp3) is 0.400. The number of nitrogen functional groups attached to an aromatic ring is 1. The minimum Gasteiger partial charge on any atom is -0.397 e. The first-order chi connectivity index (χ1) is 13.4. The molecular formula is C20H23F3N4S. The Morgan fingerprint density at radius 2 is 1.79 bits per heavy atom. The third-order valence-corrected chi connectivity index (χ3v) is 6.24. The maximum Gasteiger partial charge on any atom is 0.416 e. The molecule has 2 aromatic rings. The first-order valence-corrected chi connectivity index (χ1v) is 10.2. The topological polar surface area (TPSA) is 44.5 Å². The molecule has 0 radical (unpaired) electrons. The number of nitrogens with zero attached hydrogens (tertiary/aromatic N) is 2. The normalized spacial score (nSPS) is 17.3. The highest BCUT2D eigenvalue weighted by molar-refractivity contribution is 7.99. The van der Waals surface area contributed by atoms with Crippen molar-refractivity contribution < 1.29 is 13.2 Å². The minimum absolute atomic E-state index is 0.175. The molecule has 0 aliphatic carbocycles. The molecule has 0 bridgehead atoms. The van der Waals surface area contributed by atoms with E-state index in [4.69, 9.17) is 5.73 Å². The largest absolute Gasteiger partial charge is 0.416 e. The lowest BCUT2D eigenvalue weighted by atomic mass is 10.1. The van der Waals surface area contributed by atoms with Crippen molar-refractivity contribution in [3.63, 3.8) is 0 Å². The molecule has 2 heterocycles. The summed E-state index contributed by atoms with van der Waals surface area (Å²) in [7, 11) is 0. The van der Waals surface area contributed by atoms with Gasteiger partial charge in [-0.2, -0.15) is 13.2 Å². The van der Waals surface area contributed by atoms with Gasteiger partial charge in [-0.15, -0.1) is 0 Å². The van der Waals surface area contributed by atoms with Crippen molar-refractivity contribution in [1.82, 2.24) is 10.2 Å². The molecule has 1 saturated heterocycles. The van der Waals surface area contributed by atoms with Gasteiger partial charge in [-0.25, -0.2) is 0 Å². The van der Waals surface area contributed by atoms with Crippen LogP contribution in [0.25, 0.3) is 0 Å². The van der Waals surface area contributed by atoms with Crippen LogP contribution in [0.4, 0.5) is 30.2 Å². The minimum atomic E-state index is -4.41. The maximum absolute atomic E-state index is 13.3. The van der Waals surface area contributed by atoms with Gasteiger partial charge in [0.25, 0.3) is 0 Å². The highest BCUT2D eigenvalue weighted by Gasteiger charge is 2.34. The smallest absolute Gasteiger partial charge is 0.397 e. The second kappa shape index (κ2) is 7.85. The fourth-order valence-corrected chi connectivity index (χ4v) is 4.96. The van der Waals surface area contributed by atoms with Gasteiger partial charge in [0.15, 0.2) is 0 Å². The Balaban J connectivity index is 1.62. The molecule has 2 aromatic carbocycles. The Hall–Kier alpha value is -1.90. The number of halogens is 3. The zero-order valence-corrected chi connectivity index (χ0v) is 16.2. The van der Waals surface area contributed by atoms with E-state index in [1.807, 2.05) is 24.3 Å². The molecule has 150 valence electrons. The molecule has 4 rings (SSSR count). The number of benzene rings is 2. The van der Waals surface area contributed by atoms with Gasteiger partial charge in [-0.05, 0) is 37.2 Å². The first kappa shape index (κ1) is 19.4. The Bertz CT molecular complexity index is 850. The molecular weight excluding hydrogens is 385 g/mol. The lowest BCUT2D eigenvalue weighted by Crippen LogP contribution is -2.44. The summed E-state index contributed by atoms with van der Waals surface area (Å²) < 4.78 is 39.8. The number of nitrogens with one attached hydrogen (secondary N) is 1. The zero-order chi connectivity index (χ0) is 19.7. The Morgan fingerprint density at radius 1 is 1.04 bits per heavy atom. The van der Waals surface area contributed by atoms with Crippen molar-refractivity contribution in [3.8, 4) is 0 Å². The number of hydrogen-bond acceptors (Lipinski definition) is 5. The Morgan fingerprint density at radius 3 is 2.54 bits per heavy atom. The molecule has 1 fully saturated rings. The second-order valence-electron chi connectivity index (χ2n) is 7.08. The van der Waals surface area contributed by atoms with E-state index in [2.05, 4.69) is 15.1 Å². The van der Waals surface area contributed by atoms with Crippen LogP contribution in [-0.4, -0.2) is 44.2 Å². The Labute approximate surface area is 166 Å². The summed E-state index contributed by atoms with van der Waals surface area (Å²) in [5, 5.41) is 3.34. The fourth-order valence-electron chi connectivity index (χ4n) is 3.78. The van der Waals surface area contributed by atoms with Gasteiger partial charge in [0.2, 0.25) is 0 Å². The maximum atomic E-state index is 13.3. The van der Waals surface area contributed by atoms with Crippen molar-refractivity contribution in [3.05, 3.63) is 42.0 Å². The third kappa shape index (κ3) is 3.94.